The molecule has 0 heterocycles. The monoisotopic (exact) mass is 208 g/mol. The van der Waals surface area contributed by atoms with Gasteiger partial charge in [-0.2, -0.15) is 0 Å². The number of benzene rings is 1. The summed E-state index contributed by atoms with van der Waals surface area (Å²) in [5.41, 5.74) is 1.38. The minimum Gasteiger partial charge on any atom is -0.392 e. The molecule has 14 heavy (non-hydrogen) atoms. The topological polar surface area (TPSA) is 20.2 Å². The van der Waals surface area contributed by atoms with Crippen LogP contribution in [0.2, 0.25) is 0 Å². The van der Waals surface area contributed by atoms with Crippen LogP contribution in [-0.2, 0) is 5.41 Å². The van der Waals surface area contributed by atoms with E-state index < -0.39 is 0 Å². The van der Waals surface area contributed by atoms with Gasteiger partial charge in [0, 0.05) is 10.3 Å². The second-order valence-corrected chi connectivity index (χ2v) is 4.94. The molecule has 0 amide bonds. The second kappa shape index (κ2) is 3.59. The zero-order chi connectivity index (χ0) is 10.2. The molecule has 1 fully saturated rings. The lowest BCUT2D eigenvalue weighted by Crippen LogP contribution is -2.22. The molecule has 1 aromatic rings. The summed E-state index contributed by atoms with van der Waals surface area (Å²) in [6.45, 7) is 1.90. The average Bonchev–Trinajstić information content (AvgIpc) is 2.99. The minimum absolute atomic E-state index is 0.0803. The number of hydrogen-bond donors (Lipinski definition) is 1. The van der Waals surface area contributed by atoms with E-state index in [1.165, 1.54) is 10.5 Å². The van der Waals surface area contributed by atoms with Gasteiger partial charge in [0.1, 0.15) is 0 Å². The summed E-state index contributed by atoms with van der Waals surface area (Å²) in [7, 11) is 0. The van der Waals surface area contributed by atoms with E-state index in [0.29, 0.717) is 0 Å². The molecule has 0 aliphatic heterocycles. The van der Waals surface area contributed by atoms with Crippen LogP contribution in [0.3, 0.4) is 0 Å². The van der Waals surface area contributed by atoms with Gasteiger partial charge >= 0.3 is 0 Å². The first-order chi connectivity index (χ1) is 6.69. The number of thioether (sulfide) groups is 1. The molecule has 1 unspecified atom stereocenters. The Morgan fingerprint density at radius 1 is 1.29 bits per heavy atom. The van der Waals surface area contributed by atoms with Crippen LogP contribution in [0.5, 0.6) is 0 Å². The lowest BCUT2D eigenvalue weighted by Gasteiger charge is -2.19. The maximum absolute atomic E-state index is 9.72. The van der Waals surface area contributed by atoms with Crippen LogP contribution < -0.4 is 0 Å². The van der Waals surface area contributed by atoms with Gasteiger partial charge in [-0.15, -0.1) is 11.8 Å². The smallest absolute Gasteiger partial charge is 0.0608 e. The van der Waals surface area contributed by atoms with Crippen LogP contribution in [-0.4, -0.2) is 17.5 Å². The third-order valence-corrected chi connectivity index (χ3v) is 4.00. The Balaban J connectivity index is 2.25. The van der Waals surface area contributed by atoms with Crippen molar-refractivity contribution in [1.82, 2.24) is 0 Å². The number of aliphatic hydroxyl groups excluding tert-OH is 1. The summed E-state index contributed by atoms with van der Waals surface area (Å²) in [4.78, 5) is 1.29. The lowest BCUT2D eigenvalue weighted by atomic mass is 9.91. The Morgan fingerprint density at radius 2 is 1.86 bits per heavy atom. The van der Waals surface area contributed by atoms with Crippen molar-refractivity contribution in [1.29, 1.82) is 0 Å². The van der Waals surface area contributed by atoms with Gasteiger partial charge in [0.25, 0.3) is 0 Å². The average molecular weight is 208 g/mol. The highest BCUT2D eigenvalue weighted by Gasteiger charge is 2.48. The van der Waals surface area contributed by atoms with Crippen molar-refractivity contribution in [2.45, 2.75) is 36.2 Å². The summed E-state index contributed by atoms with van der Waals surface area (Å²) < 4.78 is 0. The van der Waals surface area contributed by atoms with Gasteiger partial charge in [0.05, 0.1) is 6.10 Å². The van der Waals surface area contributed by atoms with Crippen molar-refractivity contribution in [2.24, 2.45) is 0 Å². The predicted molar refractivity (Wildman–Crippen MR) is 60.8 cm³/mol. The quantitative estimate of drug-likeness (QED) is 0.771. The van der Waals surface area contributed by atoms with Gasteiger partial charge in [-0.1, -0.05) is 12.1 Å². The van der Waals surface area contributed by atoms with Gasteiger partial charge in [-0.3, -0.25) is 0 Å². The van der Waals surface area contributed by atoms with E-state index in [4.69, 9.17) is 0 Å². The highest BCUT2D eigenvalue weighted by Crippen LogP contribution is 2.50. The van der Waals surface area contributed by atoms with E-state index in [-0.39, 0.29) is 11.5 Å². The highest BCUT2D eigenvalue weighted by molar-refractivity contribution is 7.98. The maximum atomic E-state index is 9.72. The Bertz CT molecular complexity index is 312. The normalized spacial score (nSPS) is 20.5. The molecule has 0 radical (unpaired) electrons. The third-order valence-electron chi connectivity index (χ3n) is 3.25. The van der Waals surface area contributed by atoms with E-state index in [0.717, 1.165) is 12.8 Å². The summed E-state index contributed by atoms with van der Waals surface area (Å²) in [5, 5.41) is 9.72. The first kappa shape index (κ1) is 10.1. The summed E-state index contributed by atoms with van der Waals surface area (Å²) in [6, 6.07) is 8.60. The van der Waals surface area contributed by atoms with Crippen LogP contribution in [0.4, 0.5) is 0 Å². The van der Waals surface area contributed by atoms with Crippen molar-refractivity contribution < 1.29 is 5.11 Å². The zero-order valence-corrected chi connectivity index (χ0v) is 9.47. The second-order valence-electron chi connectivity index (χ2n) is 4.06. The molecule has 1 saturated carbocycles. The zero-order valence-electron chi connectivity index (χ0n) is 8.66. The van der Waals surface area contributed by atoms with E-state index >= 15 is 0 Å². The largest absolute Gasteiger partial charge is 0.392 e. The molecule has 0 aromatic heterocycles. The predicted octanol–water partition coefficient (Wildman–Crippen LogP) is 2.82. The number of rotatable bonds is 3. The van der Waals surface area contributed by atoms with Crippen molar-refractivity contribution in [3.8, 4) is 0 Å². The van der Waals surface area contributed by atoms with Gasteiger partial charge in [0.15, 0.2) is 0 Å². The maximum Gasteiger partial charge on any atom is 0.0608 e. The third kappa shape index (κ3) is 1.57. The molecule has 1 aromatic carbocycles. The molecule has 1 atom stereocenters. The van der Waals surface area contributed by atoms with Crippen LogP contribution in [0.25, 0.3) is 0 Å². The Labute approximate surface area is 89.5 Å². The van der Waals surface area contributed by atoms with Gasteiger partial charge in [-0.25, -0.2) is 0 Å². The standard InChI is InChI=1S/C12H16OS/c1-9(13)12(7-8-12)10-3-5-11(14-2)6-4-10/h3-6,9,13H,7-8H2,1-2H3. The van der Waals surface area contributed by atoms with Gasteiger partial charge in [0.2, 0.25) is 0 Å². The van der Waals surface area contributed by atoms with Crippen LogP contribution in [0.15, 0.2) is 29.2 Å². The Hall–Kier alpha value is -0.470. The van der Waals surface area contributed by atoms with Crippen LogP contribution in [0, 0.1) is 0 Å². The van der Waals surface area contributed by atoms with E-state index in [1.54, 1.807) is 11.8 Å². The lowest BCUT2D eigenvalue weighted by molar-refractivity contribution is 0.150. The van der Waals surface area contributed by atoms with Crippen LogP contribution in [0.1, 0.15) is 25.3 Å². The molecule has 1 N–H and O–H groups in total. The first-order valence-corrected chi connectivity index (χ1v) is 6.24. The molecule has 1 aliphatic rings. The minimum atomic E-state index is -0.220. The highest BCUT2D eigenvalue weighted by atomic mass is 32.2. The molecule has 0 spiro atoms. The fourth-order valence-electron chi connectivity index (χ4n) is 2.01. The van der Waals surface area contributed by atoms with Crippen molar-refractivity contribution in [3.63, 3.8) is 0 Å². The number of hydrogen-bond acceptors (Lipinski definition) is 2. The molecule has 0 bridgehead atoms. The summed E-state index contributed by atoms with van der Waals surface area (Å²) in [6.07, 6.45) is 4.12. The van der Waals surface area contributed by atoms with E-state index in [9.17, 15) is 5.11 Å². The molecule has 76 valence electrons. The van der Waals surface area contributed by atoms with Crippen molar-refractivity contribution in [3.05, 3.63) is 29.8 Å². The van der Waals surface area contributed by atoms with Crippen molar-refractivity contribution >= 4 is 11.8 Å². The van der Waals surface area contributed by atoms with E-state index in [1.807, 2.05) is 6.92 Å². The molecule has 1 aliphatic carbocycles. The molecule has 1 nitrogen and oxygen atoms in total. The fourth-order valence-corrected chi connectivity index (χ4v) is 2.41. The SMILES string of the molecule is CSc1ccc(C2(C(C)O)CC2)cc1. The molecular weight excluding hydrogens is 192 g/mol. The molecule has 0 saturated heterocycles. The summed E-state index contributed by atoms with van der Waals surface area (Å²) >= 11 is 1.75. The van der Waals surface area contributed by atoms with Gasteiger partial charge < -0.3 is 5.11 Å². The molecule has 2 rings (SSSR count). The fraction of sp³-hybridized carbons (Fsp3) is 0.500. The van der Waals surface area contributed by atoms with Crippen LogP contribution >= 0.6 is 11.8 Å². The Morgan fingerprint density at radius 3 is 2.21 bits per heavy atom. The van der Waals surface area contributed by atoms with E-state index in [2.05, 4.69) is 30.5 Å². The Kier molecular flexibility index (Phi) is 2.58. The first-order valence-electron chi connectivity index (χ1n) is 5.02. The number of aliphatic hydroxyl groups is 1. The molecule has 2 heteroatoms. The van der Waals surface area contributed by atoms with Gasteiger partial charge in [-0.05, 0) is 43.7 Å². The van der Waals surface area contributed by atoms with Crippen molar-refractivity contribution in [2.75, 3.05) is 6.26 Å². The summed E-state index contributed by atoms with van der Waals surface area (Å²) in [5.74, 6) is 0. The molecular formula is C12H16OS.